The highest BCUT2D eigenvalue weighted by Gasteiger charge is 2.21. The number of nitrogens with one attached hydrogen (secondary N) is 1. The molecule has 3 unspecified atom stereocenters. The molecule has 0 amide bonds. The van der Waals surface area contributed by atoms with E-state index in [0.29, 0.717) is 11.3 Å². The van der Waals surface area contributed by atoms with E-state index in [1.807, 2.05) is 0 Å². The van der Waals surface area contributed by atoms with Crippen molar-refractivity contribution in [3.63, 3.8) is 0 Å². The molecule has 4 heteroatoms. The van der Waals surface area contributed by atoms with Gasteiger partial charge in [0.2, 0.25) is 0 Å². The Hall–Kier alpha value is 0.0700. The molecule has 0 aromatic rings. The van der Waals surface area contributed by atoms with Crippen molar-refractivity contribution in [3.8, 4) is 0 Å². The molecule has 3 nitrogen and oxygen atoms in total. The zero-order chi connectivity index (χ0) is 11.3. The Labute approximate surface area is 96.1 Å². The standard InChI is InChI=1S/C11H24N2OS/c1-4-12-11-6-8-13(9-11)7-5-10(2)15(3)14/h10-12H,4-9H2,1-3H3. The third-order valence-corrected chi connectivity index (χ3v) is 4.55. The SMILES string of the molecule is CCNC1CCN(CCC(C)S(C)=O)C1. The topological polar surface area (TPSA) is 32.3 Å². The van der Waals surface area contributed by atoms with Crippen LogP contribution in [0.4, 0.5) is 0 Å². The Kier molecular flexibility index (Phi) is 5.79. The van der Waals surface area contributed by atoms with Gasteiger partial charge in [-0.2, -0.15) is 0 Å². The molecule has 0 bridgehead atoms. The van der Waals surface area contributed by atoms with E-state index in [-0.39, 0.29) is 0 Å². The first-order valence-corrected chi connectivity index (χ1v) is 7.53. The molecule has 0 radical (unpaired) electrons. The molecular weight excluding hydrogens is 208 g/mol. The third kappa shape index (κ3) is 4.62. The average Bonchev–Trinajstić information content (AvgIpc) is 2.62. The molecule has 0 spiro atoms. The van der Waals surface area contributed by atoms with E-state index in [4.69, 9.17) is 0 Å². The van der Waals surface area contributed by atoms with E-state index in [9.17, 15) is 4.21 Å². The van der Waals surface area contributed by atoms with Crippen LogP contribution in [0.3, 0.4) is 0 Å². The lowest BCUT2D eigenvalue weighted by Gasteiger charge is -2.18. The van der Waals surface area contributed by atoms with Crippen LogP contribution < -0.4 is 5.32 Å². The summed E-state index contributed by atoms with van der Waals surface area (Å²) >= 11 is 0. The number of likely N-dealkylation sites (N-methyl/N-ethyl adjacent to an activating group) is 1. The fraction of sp³-hybridized carbons (Fsp3) is 1.00. The number of likely N-dealkylation sites (tertiary alicyclic amines) is 1. The van der Waals surface area contributed by atoms with Gasteiger partial charge in [-0.05, 0) is 32.5 Å². The van der Waals surface area contributed by atoms with Crippen LogP contribution in [-0.2, 0) is 10.8 Å². The van der Waals surface area contributed by atoms with E-state index < -0.39 is 10.8 Å². The van der Waals surface area contributed by atoms with Crippen LogP contribution in [0.1, 0.15) is 26.7 Å². The summed E-state index contributed by atoms with van der Waals surface area (Å²) in [4.78, 5) is 2.48. The maximum Gasteiger partial charge on any atom is 0.0329 e. The fourth-order valence-electron chi connectivity index (χ4n) is 2.02. The summed E-state index contributed by atoms with van der Waals surface area (Å²) in [6.07, 6.45) is 4.12. The van der Waals surface area contributed by atoms with Gasteiger partial charge in [0, 0.05) is 34.9 Å². The Morgan fingerprint density at radius 3 is 2.93 bits per heavy atom. The van der Waals surface area contributed by atoms with Crippen LogP contribution in [0.25, 0.3) is 0 Å². The molecule has 3 atom stereocenters. The summed E-state index contributed by atoms with van der Waals surface area (Å²) < 4.78 is 11.2. The molecular formula is C11H24N2OS. The normalized spacial score (nSPS) is 26.7. The maximum atomic E-state index is 11.2. The van der Waals surface area contributed by atoms with Gasteiger partial charge in [-0.25, -0.2) is 0 Å². The smallest absolute Gasteiger partial charge is 0.0329 e. The van der Waals surface area contributed by atoms with Gasteiger partial charge in [0.05, 0.1) is 0 Å². The zero-order valence-electron chi connectivity index (χ0n) is 10.2. The van der Waals surface area contributed by atoms with Gasteiger partial charge in [-0.15, -0.1) is 0 Å². The first-order chi connectivity index (χ1) is 7.13. The minimum atomic E-state index is -0.665. The summed E-state index contributed by atoms with van der Waals surface area (Å²) in [6.45, 7) is 8.76. The van der Waals surface area contributed by atoms with Crippen molar-refractivity contribution >= 4 is 10.8 Å². The Morgan fingerprint density at radius 2 is 2.33 bits per heavy atom. The molecule has 0 aromatic carbocycles. The molecule has 15 heavy (non-hydrogen) atoms. The minimum absolute atomic E-state index is 0.336. The maximum absolute atomic E-state index is 11.2. The Balaban J connectivity index is 2.16. The van der Waals surface area contributed by atoms with Crippen molar-refractivity contribution in [2.45, 2.75) is 38.0 Å². The summed E-state index contributed by atoms with van der Waals surface area (Å²) in [5, 5.41) is 3.82. The lowest BCUT2D eigenvalue weighted by Crippen LogP contribution is -2.33. The summed E-state index contributed by atoms with van der Waals surface area (Å²) in [7, 11) is -0.665. The van der Waals surface area contributed by atoms with Crippen molar-refractivity contribution in [1.29, 1.82) is 0 Å². The largest absolute Gasteiger partial charge is 0.313 e. The highest BCUT2D eigenvalue weighted by molar-refractivity contribution is 7.84. The predicted octanol–water partition coefficient (Wildman–Crippen LogP) is 0.827. The van der Waals surface area contributed by atoms with Crippen molar-refractivity contribution in [2.24, 2.45) is 0 Å². The quantitative estimate of drug-likeness (QED) is 0.736. The molecule has 90 valence electrons. The monoisotopic (exact) mass is 232 g/mol. The number of hydrogen-bond acceptors (Lipinski definition) is 3. The molecule has 1 rings (SSSR count). The van der Waals surface area contributed by atoms with Crippen molar-refractivity contribution < 1.29 is 4.21 Å². The molecule has 0 saturated carbocycles. The fourth-order valence-corrected chi connectivity index (χ4v) is 2.46. The van der Waals surface area contributed by atoms with Gasteiger partial charge in [-0.3, -0.25) is 4.21 Å². The van der Waals surface area contributed by atoms with Crippen molar-refractivity contribution in [2.75, 3.05) is 32.4 Å². The lowest BCUT2D eigenvalue weighted by molar-refractivity contribution is 0.323. The van der Waals surface area contributed by atoms with Gasteiger partial charge >= 0.3 is 0 Å². The van der Waals surface area contributed by atoms with Gasteiger partial charge in [0.1, 0.15) is 0 Å². The van der Waals surface area contributed by atoms with Gasteiger partial charge in [-0.1, -0.05) is 13.8 Å². The first kappa shape index (κ1) is 13.1. The van der Waals surface area contributed by atoms with Crippen LogP contribution >= 0.6 is 0 Å². The van der Waals surface area contributed by atoms with Gasteiger partial charge < -0.3 is 10.2 Å². The molecule has 1 aliphatic heterocycles. The highest BCUT2D eigenvalue weighted by atomic mass is 32.2. The van der Waals surface area contributed by atoms with Crippen LogP contribution in [0.5, 0.6) is 0 Å². The molecule has 1 saturated heterocycles. The van der Waals surface area contributed by atoms with Gasteiger partial charge in [0.15, 0.2) is 0 Å². The minimum Gasteiger partial charge on any atom is -0.313 e. The van der Waals surface area contributed by atoms with Crippen molar-refractivity contribution in [1.82, 2.24) is 10.2 Å². The van der Waals surface area contributed by atoms with Crippen LogP contribution in [-0.4, -0.2) is 52.8 Å². The second kappa shape index (κ2) is 6.61. The van der Waals surface area contributed by atoms with Gasteiger partial charge in [0.25, 0.3) is 0 Å². The summed E-state index contributed by atoms with van der Waals surface area (Å²) in [5.41, 5.74) is 0. The number of rotatable bonds is 6. The van der Waals surface area contributed by atoms with E-state index in [2.05, 4.69) is 24.1 Å². The zero-order valence-corrected chi connectivity index (χ0v) is 11.0. The Morgan fingerprint density at radius 1 is 1.60 bits per heavy atom. The van der Waals surface area contributed by atoms with Crippen LogP contribution in [0, 0.1) is 0 Å². The predicted molar refractivity (Wildman–Crippen MR) is 66.7 cm³/mol. The summed E-state index contributed by atoms with van der Waals surface area (Å²) in [5.74, 6) is 0. The molecule has 1 heterocycles. The van der Waals surface area contributed by atoms with E-state index in [1.165, 1.54) is 13.0 Å². The number of nitrogens with zero attached hydrogens (tertiary/aromatic N) is 1. The first-order valence-electron chi connectivity index (χ1n) is 5.91. The second-order valence-corrected chi connectivity index (χ2v) is 6.24. The highest BCUT2D eigenvalue weighted by Crippen LogP contribution is 2.11. The van der Waals surface area contributed by atoms with E-state index >= 15 is 0 Å². The van der Waals surface area contributed by atoms with E-state index in [1.54, 1.807) is 6.26 Å². The second-order valence-electron chi connectivity index (χ2n) is 4.44. The summed E-state index contributed by atoms with van der Waals surface area (Å²) in [6, 6.07) is 0.678. The van der Waals surface area contributed by atoms with Crippen molar-refractivity contribution in [3.05, 3.63) is 0 Å². The van der Waals surface area contributed by atoms with Crippen LogP contribution in [0.2, 0.25) is 0 Å². The van der Waals surface area contributed by atoms with Crippen LogP contribution in [0.15, 0.2) is 0 Å². The Bertz CT molecular complexity index is 211. The lowest BCUT2D eigenvalue weighted by atomic mass is 10.3. The molecule has 0 aliphatic carbocycles. The average molecular weight is 232 g/mol. The number of hydrogen-bond donors (Lipinski definition) is 1. The van der Waals surface area contributed by atoms with E-state index in [0.717, 1.165) is 26.1 Å². The molecule has 0 aromatic heterocycles. The third-order valence-electron chi connectivity index (χ3n) is 3.18. The molecule has 1 fully saturated rings. The molecule has 1 aliphatic rings. The molecule has 1 N–H and O–H groups in total.